The van der Waals surface area contributed by atoms with Crippen molar-refractivity contribution in [2.24, 2.45) is 0 Å². The van der Waals surface area contributed by atoms with Crippen LogP contribution in [0.3, 0.4) is 0 Å². The van der Waals surface area contributed by atoms with E-state index in [9.17, 15) is 9.59 Å². The highest BCUT2D eigenvalue weighted by Crippen LogP contribution is 2.33. The van der Waals surface area contributed by atoms with Crippen molar-refractivity contribution in [3.05, 3.63) is 48.2 Å². The fraction of sp³-hybridized carbons (Fsp3) is 0.571. The molecular formula is C28H39N3O3. The third kappa shape index (κ3) is 5.22. The molecule has 1 fully saturated rings. The second kappa shape index (κ2) is 11.2. The lowest BCUT2D eigenvalue weighted by Crippen LogP contribution is -2.65. The molecule has 0 radical (unpaired) electrons. The zero-order valence-corrected chi connectivity index (χ0v) is 20.7. The molecule has 2 heterocycles. The van der Waals surface area contributed by atoms with Gasteiger partial charge in [0.05, 0.1) is 6.54 Å². The molecule has 184 valence electrons. The standard InChI is InChI=1S/C28H39N3O3/c1-3-34-20-12-19-31-26(32)25-18-17-24(22-13-8-7-9-14-22)30(25)21-28(31,2)27(33)29-23-15-10-5-4-6-11-16-23/h7-9,13-14,17-18,23H,3-6,10-12,15-16,19-21H2,1-2H3,(H,29,33). The maximum atomic E-state index is 13.9. The van der Waals surface area contributed by atoms with Crippen LogP contribution in [-0.4, -0.2) is 52.6 Å². The molecule has 0 saturated heterocycles. The van der Waals surface area contributed by atoms with Gasteiger partial charge in [-0.1, -0.05) is 62.4 Å². The van der Waals surface area contributed by atoms with E-state index >= 15 is 0 Å². The van der Waals surface area contributed by atoms with Gasteiger partial charge in [0.25, 0.3) is 5.91 Å². The molecule has 34 heavy (non-hydrogen) atoms. The van der Waals surface area contributed by atoms with Crippen LogP contribution < -0.4 is 5.32 Å². The van der Waals surface area contributed by atoms with Crippen LogP contribution in [0.5, 0.6) is 0 Å². The number of rotatable bonds is 8. The molecule has 1 aromatic heterocycles. The highest BCUT2D eigenvalue weighted by atomic mass is 16.5. The minimum Gasteiger partial charge on any atom is -0.382 e. The summed E-state index contributed by atoms with van der Waals surface area (Å²) in [5.41, 5.74) is 1.71. The third-order valence-electron chi connectivity index (χ3n) is 7.38. The van der Waals surface area contributed by atoms with Gasteiger partial charge in [-0.3, -0.25) is 9.59 Å². The monoisotopic (exact) mass is 465 g/mol. The molecular weight excluding hydrogens is 426 g/mol. The fourth-order valence-electron chi connectivity index (χ4n) is 5.39. The van der Waals surface area contributed by atoms with Crippen LogP contribution in [0.4, 0.5) is 0 Å². The molecule has 0 spiro atoms. The number of nitrogens with one attached hydrogen (secondary N) is 1. The van der Waals surface area contributed by atoms with Crippen molar-refractivity contribution in [2.45, 2.75) is 83.3 Å². The van der Waals surface area contributed by atoms with E-state index in [0.29, 0.717) is 38.4 Å². The number of ether oxygens (including phenoxy) is 1. The first kappa shape index (κ1) is 24.5. The number of hydrogen-bond donors (Lipinski definition) is 1. The average Bonchev–Trinajstić information content (AvgIpc) is 3.24. The van der Waals surface area contributed by atoms with Crippen molar-refractivity contribution in [3.63, 3.8) is 0 Å². The summed E-state index contributed by atoms with van der Waals surface area (Å²) in [4.78, 5) is 29.4. The first-order chi connectivity index (χ1) is 16.5. The number of benzene rings is 1. The van der Waals surface area contributed by atoms with E-state index in [2.05, 4.69) is 5.32 Å². The highest BCUT2D eigenvalue weighted by Gasteiger charge is 2.47. The lowest BCUT2D eigenvalue weighted by Gasteiger charge is -2.45. The van der Waals surface area contributed by atoms with Gasteiger partial charge in [-0.2, -0.15) is 0 Å². The van der Waals surface area contributed by atoms with Gasteiger partial charge in [-0.25, -0.2) is 0 Å². The van der Waals surface area contributed by atoms with Gasteiger partial charge in [0.2, 0.25) is 5.91 Å². The van der Waals surface area contributed by atoms with E-state index in [1.54, 1.807) is 4.90 Å². The Hall–Kier alpha value is -2.60. The predicted molar refractivity (Wildman–Crippen MR) is 135 cm³/mol. The molecule has 4 rings (SSSR count). The molecule has 6 nitrogen and oxygen atoms in total. The van der Waals surface area contributed by atoms with Crippen LogP contribution in [0, 0.1) is 0 Å². The van der Waals surface area contributed by atoms with Crippen LogP contribution in [0.2, 0.25) is 0 Å². The number of aromatic nitrogens is 1. The molecule has 6 heteroatoms. The van der Waals surface area contributed by atoms with E-state index < -0.39 is 5.54 Å². The number of carbonyl (C=O) groups excluding carboxylic acids is 2. The zero-order chi connectivity index (χ0) is 24.0. The lowest BCUT2D eigenvalue weighted by atomic mass is 9.91. The number of nitrogens with zero attached hydrogens (tertiary/aromatic N) is 2. The summed E-state index contributed by atoms with van der Waals surface area (Å²) in [5, 5.41) is 3.35. The molecule has 1 aromatic carbocycles. The zero-order valence-electron chi connectivity index (χ0n) is 20.7. The van der Waals surface area contributed by atoms with Gasteiger partial charge in [-0.05, 0) is 50.8 Å². The van der Waals surface area contributed by atoms with Gasteiger partial charge in [0.1, 0.15) is 11.2 Å². The molecule has 1 aliphatic carbocycles. The molecule has 1 aliphatic heterocycles. The Kier molecular flexibility index (Phi) is 8.09. The topological polar surface area (TPSA) is 63.6 Å². The molecule has 2 aliphatic rings. The van der Waals surface area contributed by atoms with Gasteiger partial charge < -0.3 is 19.5 Å². The Morgan fingerprint density at radius 1 is 1.03 bits per heavy atom. The van der Waals surface area contributed by atoms with Crippen molar-refractivity contribution >= 4 is 11.8 Å². The second-order valence-corrected chi connectivity index (χ2v) is 9.85. The van der Waals surface area contributed by atoms with E-state index in [1.807, 2.05) is 60.9 Å². The van der Waals surface area contributed by atoms with Crippen molar-refractivity contribution < 1.29 is 14.3 Å². The first-order valence-corrected chi connectivity index (χ1v) is 13.0. The summed E-state index contributed by atoms with van der Waals surface area (Å²) in [7, 11) is 0. The predicted octanol–water partition coefficient (Wildman–Crippen LogP) is 5.03. The molecule has 1 N–H and O–H groups in total. The van der Waals surface area contributed by atoms with E-state index in [0.717, 1.165) is 36.9 Å². The minimum atomic E-state index is -0.957. The Morgan fingerprint density at radius 3 is 2.41 bits per heavy atom. The van der Waals surface area contributed by atoms with Crippen molar-refractivity contribution in [1.29, 1.82) is 0 Å². The summed E-state index contributed by atoms with van der Waals surface area (Å²) in [6.07, 6.45) is 8.81. The molecule has 2 amide bonds. The minimum absolute atomic E-state index is 0.0406. The number of fused-ring (bicyclic) bond motifs is 1. The van der Waals surface area contributed by atoms with Crippen LogP contribution in [0.25, 0.3) is 11.3 Å². The quantitative estimate of drug-likeness (QED) is 0.557. The summed E-state index contributed by atoms with van der Waals surface area (Å²) in [6.45, 7) is 6.07. The summed E-state index contributed by atoms with van der Waals surface area (Å²) >= 11 is 0. The first-order valence-electron chi connectivity index (χ1n) is 13.0. The SMILES string of the molecule is CCOCCCN1C(=O)c2ccc(-c3ccccc3)n2CC1(C)C(=O)NC1CCCCCCC1. The molecule has 1 unspecified atom stereocenters. The Labute approximate surface area is 203 Å². The average molecular weight is 466 g/mol. The molecule has 1 saturated carbocycles. The maximum absolute atomic E-state index is 13.9. The van der Waals surface area contributed by atoms with Crippen molar-refractivity contribution in [3.8, 4) is 11.3 Å². The Morgan fingerprint density at radius 2 is 1.71 bits per heavy atom. The van der Waals surface area contributed by atoms with Gasteiger partial charge in [-0.15, -0.1) is 0 Å². The van der Waals surface area contributed by atoms with Gasteiger partial charge in [0.15, 0.2) is 0 Å². The summed E-state index contributed by atoms with van der Waals surface area (Å²) in [6, 6.07) is 14.2. The fourth-order valence-corrected chi connectivity index (χ4v) is 5.39. The lowest BCUT2D eigenvalue weighted by molar-refractivity contribution is -0.133. The van der Waals surface area contributed by atoms with Crippen LogP contribution >= 0.6 is 0 Å². The van der Waals surface area contributed by atoms with Gasteiger partial charge in [0, 0.05) is 31.5 Å². The molecule has 2 aromatic rings. The number of carbonyl (C=O) groups is 2. The largest absolute Gasteiger partial charge is 0.382 e. The van der Waals surface area contributed by atoms with E-state index in [4.69, 9.17) is 4.74 Å². The second-order valence-electron chi connectivity index (χ2n) is 9.85. The number of hydrogen-bond acceptors (Lipinski definition) is 3. The van der Waals surface area contributed by atoms with Crippen molar-refractivity contribution in [1.82, 2.24) is 14.8 Å². The summed E-state index contributed by atoms with van der Waals surface area (Å²) in [5.74, 6) is -0.124. The molecule has 1 atom stereocenters. The Balaban J connectivity index is 1.62. The van der Waals surface area contributed by atoms with Crippen LogP contribution in [0.15, 0.2) is 42.5 Å². The van der Waals surface area contributed by atoms with Crippen LogP contribution in [-0.2, 0) is 16.1 Å². The normalized spacial score (nSPS) is 21.6. The van der Waals surface area contributed by atoms with Crippen LogP contribution in [0.1, 0.15) is 75.7 Å². The summed E-state index contributed by atoms with van der Waals surface area (Å²) < 4.78 is 7.56. The van der Waals surface area contributed by atoms with E-state index in [1.165, 1.54) is 19.3 Å². The van der Waals surface area contributed by atoms with E-state index in [-0.39, 0.29) is 17.9 Å². The maximum Gasteiger partial charge on any atom is 0.271 e. The smallest absolute Gasteiger partial charge is 0.271 e. The third-order valence-corrected chi connectivity index (χ3v) is 7.38. The number of amides is 2. The molecule has 0 bridgehead atoms. The Bertz CT molecular complexity index is 963. The van der Waals surface area contributed by atoms with Crippen molar-refractivity contribution in [2.75, 3.05) is 19.8 Å². The highest BCUT2D eigenvalue weighted by molar-refractivity contribution is 6.00. The van der Waals surface area contributed by atoms with Gasteiger partial charge >= 0.3 is 0 Å².